The highest BCUT2D eigenvalue weighted by molar-refractivity contribution is 5.76. The zero-order valence-corrected chi connectivity index (χ0v) is 18.4. The van der Waals surface area contributed by atoms with Crippen LogP contribution < -0.4 is 10.5 Å². The fourth-order valence-corrected chi connectivity index (χ4v) is 4.03. The van der Waals surface area contributed by atoms with Gasteiger partial charge in [0.1, 0.15) is 23.9 Å². The molecule has 3 heterocycles. The molecule has 1 aliphatic heterocycles. The summed E-state index contributed by atoms with van der Waals surface area (Å²) in [4.78, 5) is 6.67. The predicted octanol–water partition coefficient (Wildman–Crippen LogP) is 3.73. The van der Waals surface area contributed by atoms with Crippen LogP contribution in [0.4, 0.5) is 14.6 Å². The van der Waals surface area contributed by atoms with Crippen LogP contribution in [-0.2, 0) is 0 Å². The third-order valence-electron chi connectivity index (χ3n) is 5.85. The minimum atomic E-state index is -1.06. The highest BCUT2D eigenvalue weighted by Crippen LogP contribution is 2.30. The fourth-order valence-electron chi connectivity index (χ4n) is 4.03. The van der Waals surface area contributed by atoms with Crippen molar-refractivity contribution in [1.82, 2.24) is 30.1 Å². The Kier molecular flexibility index (Phi) is 6.13. The maximum Gasteiger partial charge on any atom is 0.190 e. The van der Waals surface area contributed by atoms with Gasteiger partial charge in [0.2, 0.25) is 0 Å². The summed E-state index contributed by atoms with van der Waals surface area (Å²) in [5.74, 6) is -0.950. The van der Waals surface area contributed by atoms with E-state index in [1.165, 1.54) is 25.0 Å². The Morgan fingerprint density at radius 1 is 1.00 bits per heavy atom. The summed E-state index contributed by atoms with van der Waals surface area (Å²) in [7, 11) is 0. The number of anilines is 1. The second-order valence-corrected chi connectivity index (χ2v) is 8.07. The van der Waals surface area contributed by atoms with Crippen LogP contribution >= 0.6 is 0 Å². The van der Waals surface area contributed by atoms with Gasteiger partial charge in [-0.2, -0.15) is 4.68 Å². The van der Waals surface area contributed by atoms with E-state index >= 15 is 0 Å². The number of likely N-dealkylation sites (tertiary alicyclic amines) is 1. The summed E-state index contributed by atoms with van der Waals surface area (Å²) in [5, 5.41) is 11.4. The van der Waals surface area contributed by atoms with Crippen molar-refractivity contribution in [3.63, 3.8) is 0 Å². The number of nitrogens with two attached hydrogens (primary N) is 1. The van der Waals surface area contributed by atoms with Gasteiger partial charge in [0.05, 0.1) is 5.56 Å². The largest absolute Gasteiger partial charge is 0.492 e. The summed E-state index contributed by atoms with van der Waals surface area (Å²) in [6, 6.07) is 13.2. The van der Waals surface area contributed by atoms with Gasteiger partial charge in [0.15, 0.2) is 17.5 Å². The summed E-state index contributed by atoms with van der Waals surface area (Å²) in [6.45, 7) is 3.85. The number of rotatable bonds is 7. The number of aromatic nitrogens is 5. The van der Waals surface area contributed by atoms with Crippen molar-refractivity contribution < 1.29 is 13.5 Å². The molecule has 0 spiro atoms. The monoisotopic (exact) mass is 463 g/mol. The minimum Gasteiger partial charge on any atom is -0.492 e. The lowest BCUT2D eigenvalue weighted by Crippen LogP contribution is -2.25. The van der Waals surface area contributed by atoms with Crippen molar-refractivity contribution in [2.75, 3.05) is 32.0 Å². The van der Waals surface area contributed by atoms with Gasteiger partial charge in [-0.25, -0.2) is 13.8 Å². The molecule has 0 atom stereocenters. The van der Waals surface area contributed by atoms with Crippen LogP contribution in [0.1, 0.15) is 12.8 Å². The third kappa shape index (κ3) is 4.44. The van der Waals surface area contributed by atoms with E-state index in [9.17, 15) is 8.78 Å². The Morgan fingerprint density at radius 3 is 2.59 bits per heavy atom. The molecule has 0 radical (unpaired) electrons. The average Bonchev–Trinajstić information content (AvgIpc) is 3.54. The predicted molar refractivity (Wildman–Crippen MR) is 123 cm³/mol. The fraction of sp³-hybridized carbons (Fsp3) is 0.250. The Balaban J connectivity index is 1.38. The molecule has 0 aliphatic carbocycles. The summed E-state index contributed by atoms with van der Waals surface area (Å²) < 4.78 is 35.1. The normalized spacial score (nSPS) is 13.9. The molecule has 34 heavy (non-hydrogen) atoms. The highest BCUT2D eigenvalue weighted by atomic mass is 19.2. The molecule has 0 unspecified atom stereocenters. The van der Waals surface area contributed by atoms with E-state index in [1.807, 2.05) is 24.3 Å². The smallest absolute Gasteiger partial charge is 0.190 e. The highest BCUT2D eigenvalue weighted by Gasteiger charge is 2.19. The van der Waals surface area contributed by atoms with Crippen molar-refractivity contribution >= 4 is 5.82 Å². The number of nitrogens with zero attached hydrogens (tertiary/aromatic N) is 6. The molecule has 1 fully saturated rings. The van der Waals surface area contributed by atoms with E-state index in [-0.39, 0.29) is 17.3 Å². The van der Waals surface area contributed by atoms with E-state index in [0.29, 0.717) is 12.2 Å². The molecule has 2 aromatic carbocycles. The van der Waals surface area contributed by atoms with E-state index in [2.05, 4.69) is 25.4 Å². The number of ether oxygens (including phenoxy) is 1. The van der Waals surface area contributed by atoms with Gasteiger partial charge in [-0.05, 0) is 72.3 Å². The van der Waals surface area contributed by atoms with Gasteiger partial charge in [0.25, 0.3) is 0 Å². The number of tetrazole rings is 1. The molecule has 1 aliphatic rings. The Morgan fingerprint density at radius 2 is 1.79 bits per heavy atom. The van der Waals surface area contributed by atoms with Crippen LogP contribution in [-0.4, -0.2) is 56.3 Å². The standard InChI is InChI=1S/C24H23F2N7O/c25-20-4-3-5-21(22(20)26)33-24(29-30-31-33)19-14-17(15-28-23(19)27)16-6-8-18(9-7-16)34-13-12-32-10-1-2-11-32/h3-9,14-15H,1-2,10-13H2,(H2,27,28). The number of benzene rings is 2. The van der Waals surface area contributed by atoms with Crippen LogP contribution in [0, 0.1) is 11.6 Å². The zero-order valence-electron chi connectivity index (χ0n) is 18.4. The first-order chi connectivity index (χ1) is 16.6. The molecule has 2 N–H and O–H groups in total. The van der Waals surface area contributed by atoms with Gasteiger partial charge < -0.3 is 10.5 Å². The number of hydrogen-bond donors (Lipinski definition) is 1. The number of hydrogen-bond acceptors (Lipinski definition) is 7. The van der Waals surface area contributed by atoms with E-state index < -0.39 is 11.6 Å². The zero-order chi connectivity index (χ0) is 23.5. The number of nitrogen functional groups attached to an aromatic ring is 1. The van der Waals surface area contributed by atoms with Gasteiger partial charge >= 0.3 is 0 Å². The molecule has 174 valence electrons. The molecular weight excluding hydrogens is 440 g/mol. The van der Waals surface area contributed by atoms with Crippen LogP contribution in [0.25, 0.3) is 28.2 Å². The molecule has 5 rings (SSSR count). The molecule has 0 bridgehead atoms. The topological polar surface area (TPSA) is 95.0 Å². The van der Waals surface area contributed by atoms with Crippen molar-refractivity contribution in [2.45, 2.75) is 12.8 Å². The van der Waals surface area contributed by atoms with E-state index in [1.54, 1.807) is 12.3 Å². The SMILES string of the molecule is Nc1ncc(-c2ccc(OCCN3CCCC3)cc2)cc1-c1nnnn1-c1cccc(F)c1F. The first kappa shape index (κ1) is 21.9. The van der Waals surface area contributed by atoms with Gasteiger partial charge in [0, 0.05) is 18.3 Å². The lowest BCUT2D eigenvalue weighted by atomic mass is 10.0. The third-order valence-corrected chi connectivity index (χ3v) is 5.85. The second-order valence-electron chi connectivity index (χ2n) is 8.07. The van der Waals surface area contributed by atoms with Gasteiger partial charge in [-0.15, -0.1) is 5.10 Å². The molecule has 8 nitrogen and oxygen atoms in total. The Labute approximate surface area is 195 Å². The molecular formula is C24H23F2N7O. The Bertz CT molecular complexity index is 1290. The number of halogens is 2. The lowest BCUT2D eigenvalue weighted by molar-refractivity contribution is 0.238. The molecule has 0 amide bonds. The maximum absolute atomic E-state index is 14.4. The van der Waals surface area contributed by atoms with Crippen LogP contribution in [0.5, 0.6) is 5.75 Å². The average molecular weight is 463 g/mol. The van der Waals surface area contributed by atoms with Crippen molar-refractivity contribution in [3.05, 3.63) is 66.4 Å². The van der Waals surface area contributed by atoms with Crippen molar-refractivity contribution in [1.29, 1.82) is 0 Å². The van der Waals surface area contributed by atoms with E-state index in [4.69, 9.17) is 10.5 Å². The van der Waals surface area contributed by atoms with Crippen LogP contribution in [0.2, 0.25) is 0 Å². The maximum atomic E-state index is 14.4. The molecule has 4 aromatic rings. The van der Waals surface area contributed by atoms with Gasteiger partial charge in [-0.3, -0.25) is 4.90 Å². The van der Waals surface area contributed by atoms with Crippen LogP contribution in [0.15, 0.2) is 54.7 Å². The molecule has 0 saturated carbocycles. The van der Waals surface area contributed by atoms with Crippen LogP contribution in [0.3, 0.4) is 0 Å². The van der Waals surface area contributed by atoms with Crippen molar-refractivity contribution in [3.8, 4) is 34.0 Å². The molecule has 2 aromatic heterocycles. The minimum absolute atomic E-state index is 0.125. The summed E-state index contributed by atoms with van der Waals surface area (Å²) in [6.07, 6.45) is 4.16. The number of pyridine rings is 1. The Hall–Kier alpha value is -3.92. The quantitative estimate of drug-likeness (QED) is 0.446. The molecule has 1 saturated heterocycles. The second kappa shape index (κ2) is 9.52. The molecule has 10 heteroatoms. The summed E-state index contributed by atoms with van der Waals surface area (Å²) >= 11 is 0. The van der Waals surface area contributed by atoms with Gasteiger partial charge in [-0.1, -0.05) is 18.2 Å². The lowest BCUT2D eigenvalue weighted by Gasteiger charge is -2.15. The first-order valence-electron chi connectivity index (χ1n) is 11.0. The first-order valence-corrected chi connectivity index (χ1v) is 11.0. The van der Waals surface area contributed by atoms with E-state index in [0.717, 1.165) is 47.3 Å². The summed E-state index contributed by atoms with van der Waals surface area (Å²) in [5.41, 5.74) is 8.02. The van der Waals surface area contributed by atoms with Crippen molar-refractivity contribution in [2.24, 2.45) is 0 Å².